The second-order valence-corrected chi connectivity index (χ2v) is 22.0. The zero-order chi connectivity index (χ0) is 53.6. The van der Waals surface area contributed by atoms with E-state index in [2.05, 4.69) is 279 Å². The van der Waals surface area contributed by atoms with Crippen LogP contribution in [-0.4, -0.2) is 0 Å². The van der Waals surface area contributed by atoms with Crippen molar-refractivity contribution in [3.8, 4) is 55.6 Å². The molecule has 0 saturated heterocycles. The molecule has 0 radical (unpaired) electrons. The van der Waals surface area contributed by atoms with Gasteiger partial charge in [-0.25, -0.2) is 0 Å². The minimum atomic E-state index is 0.880. The minimum absolute atomic E-state index is 0.880. The molecule has 0 aliphatic rings. The summed E-state index contributed by atoms with van der Waals surface area (Å²) in [5, 5.41) is 23.5. The van der Waals surface area contributed by atoms with Crippen molar-refractivity contribution in [3.63, 3.8) is 0 Å². The lowest BCUT2D eigenvalue weighted by molar-refractivity contribution is 0.670. The summed E-state index contributed by atoms with van der Waals surface area (Å²) in [5.41, 5.74) is 15.0. The average Bonchev–Trinajstić information content (AvgIpc) is 2.07. The molecule has 378 valence electrons. The summed E-state index contributed by atoms with van der Waals surface area (Å²) in [6, 6.07) is 103. The van der Waals surface area contributed by atoms with Crippen LogP contribution in [0.1, 0.15) is 0 Å². The lowest BCUT2D eigenvalue weighted by Crippen LogP contribution is -1.95. The first-order valence-corrected chi connectivity index (χ1v) is 28.3. The van der Waals surface area contributed by atoms with Gasteiger partial charge < -0.3 is 8.83 Å². The Kier molecular flexibility index (Phi) is 9.54. The molecule has 2 nitrogen and oxygen atoms in total. The molecule has 2 aromatic heterocycles. The highest BCUT2D eigenvalue weighted by molar-refractivity contribution is 6.31. The summed E-state index contributed by atoms with van der Waals surface area (Å²) in [6.45, 7) is 0. The van der Waals surface area contributed by atoms with Gasteiger partial charge in [0, 0.05) is 32.7 Å². The van der Waals surface area contributed by atoms with Gasteiger partial charge in [0.05, 0.1) is 0 Å². The van der Waals surface area contributed by atoms with Gasteiger partial charge in [-0.3, -0.25) is 0 Å². The highest BCUT2D eigenvalue weighted by Crippen LogP contribution is 2.52. The number of fused-ring (bicyclic) bond motifs is 16. The van der Waals surface area contributed by atoms with Gasteiger partial charge in [-0.15, -0.1) is 0 Å². The molecule has 2 heterocycles. The maximum absolute atomic E-state index is 7.07. The summed E-state index contributed by atoms with van der Waals surface area (Å²) in [4.78, 5) is 0. The van der Waals surface area contributed by atoms with Crippen molar-refractivity contribution in [2.24, 2.45) is 0 Å². The maximum Gasteiger partial charge on any atom is 0.143 e. The molecule has 0 spiro atoms. The minimum Gasteiger partial charge on any atom is -0.455 e. The van der Waals surface area contributed by atoms with Crippen LogP contribution in [0.25, 0.3) is 186 Å². The van der Waals surface area contributed by atoms with Gasteiger partial charge in [-0.05, 0) is 155 Å². The molecule has 0 atom stereocenters. The van der Waals surface area contributed by atoms with Crippen LogP contribution in [-0.2, 0) is 0 Å². The Balaban J connectivity index is 1.02. The SMILES string of the molecule is c1ccc2c(-c3cccc4c(-c5c6cccc(-c7cccc8c7oc7ccc9ccccc9c78)c6cc6c(-c7cccc8c7oc7ccc9ccccc9c78)cccc56)c5cccc(-c6cccc7ccccc67)c5cc34)cccc2c1. The summed E-state index contributed by atoms with van der Waals surface area (Å²) in [7, 11) is 0. The predicted octanol–water partition coefficient (Wildman–Crippen LogP) is 23.0. The molecule has 82 heavy (non-hydrogen) atoms. The third-order valence-corrected chi connectivity index (χ3v) is 17.8. The lowest BCUT2D eigenvalue weighted by atomic mass is 9.81. The Morgan fingerprint density at radius 3 is 0.805 bits per heavy atom. The van der Waals surface area contributed by atoms with Crippen LogP contribution in [0.2, 0.25) is 0 Å². The summed E-state index contributed by atoms with van der Waals surface area (Å²) >= 11 is 0. The number of rotatable bonds is 5. The summed E-state index contributed by atoms with van der Waals surface area (Å²) in [5.74, 6) is 0. The molecule has 16 aromatic carbocycles. The third-order valence-electron chi connectivity index (χ3n) is 17.8. The molecule has 2 heteroatoms. The van der Waals surface area contributed by atoms with E-state index in [1.807, 2.05) is 0 Å². The number of para-hydroxylation sites is 2. The highest BCUT2D eigenvalue weighted by atomic mass is 16.3. The van der Waals surface area contributed by atoms with E-state index in [9.17, 15) is 0 Å². The van der Waals surface area contributed by atoms with E-state index < -0.39 is 0 Å². The van der Waals surface area contributed by atoms with Crippen LogP contribution in [0.15, 0.2) is 288 Å². The molecular weight excluding hydrogens is 993 g/mol. The molecule has 0 unspecified atom stereocenters. The Hall–Kier alpha value is -10.8. The van der Waals surface area contributed by atoms with Crippen LogP contribution in [0, 0.1) is 0 Å². The quantitative estimate of drug-likeness (QED) is 0.161. The molecule has 18 rings (SSSR count). The maximum atomic E-state index is 7.07. The normalized spacial score (nSPS) is 12.1. The molecule has 0 saturated carbocycles. The first-order chi connectivity index (χ1) is 40.7. The van der Waals surface area contributed by atoms with Crippen LogP contribution in [0.4, 0.5) is 0 Å². The molecule has 0 aliphatic carbocycles. The molecular formula is C80H46O2. The fourth-order valence-electron chi connectivity index (χ4n) is 14.3. The van der Waals surface area contributed by atoms with Gasteiger partial charge in [0.2, 0.25) is 0 Å². The molecule has 0 amide bonds. The van der Waals surface area contributed by atoms with Crippen molar-refractivity contribution in [1.82, 2.24) is 0 Å². The van der Waals surface area contributed by atoms with Crippen LogP contribution >= 0.6 is 0 Å². The van der Waals surface area contributed by atoms with Crippen molar-refractivity contribution < 1.29 is 8.83 Å². The van der Waals surface area contributed by atoms with Crippen LogP contribution < -0.4 is 0 Å². The highest BCUT2D eigenvalue weighted by Gasteiger charge is 2.25. The molecule has 0 aliphatic heterocycles. The number of benzene rings is 16. The Morgan fingerprint density at radius 1 is 0.171 bits per heavy atom. The van der Waals surface area contributed by atoms with Gasteiger partial charge in [0.25, 0.3) is 0 Å². The van der Waals surface area contributed by atoms with Crippen molar-refractivity contribution in [3.05, 3.63) is 279 Å². The second kappa shape index (κ2) is 17.3. The fraction of sp³-hybridized carbons (Fsp3) is 0. The Labute approximate surface area is 470 Å². The summed E-state index contributed by atoms with van der Waals surface area (Å²) in [6.07, 6.45) is 0. The lowest BCUT2D eigenvalue weighted by Gasteiger charge is -2.22. The standard InChI is InChI=1S/C80H46O2/c1-5-23-51-47(17-1)21-9-27-55(51)57-29-11-33-61-69(57)45-70-58(56-28-10-22-48-18-2-6-24-52(48)56)30-12-34-62(70)77(61)78-63-35-13-31-59(65-37-15-39-67-75-53-25-7-3-19-49(53)41-43-73(75)81-79(65)67)71(63)46-72-60(32-14-36-64(72)78)66-38-16-40-68-76-54-26-8-4-20-50(54)42-44-74(76)82-80(66)68/h1-46H. The van der Waals surface area contributed by atoms with Gasteiger partial charge >= 0.3 is 0 Å². The monoisotopic (exact) mass is 1040 g/mol. The number of furan rings is 2. The zero-order valence-electron chi connectivity index (χ0n) is 44.4. The van der Waals surface area contributed by atoms with Crippen LogP contribution in [0.5, 0.6) is 0 Å². The second-order valence-electron chi connectivity index (χ2n) is 22.0. The van der Waals surface area contributed by atoms with Gasteiger partial charge in [0.1, 0.15) is 22.3 Å². The summed E-state index contributed by atoms with van der Waals surface area (Å²) < 4.78 is 14.1. The van der Waals surface area contributed by atoms with E-state index in [1.54, 1.807) is 0 Å². The van der Waals surface area contributed by atoms with Crippen LogP contribution in [0.3, 0.4) is 0 Å². The van der Waals surface area contributed by atoms with Crippen molar-refractivity contribution in [2.75, 3.05) is 0 Å². The first-order valence-electron chi connectivity index (χ1n) is 28.3. The molecule has 0 N–H and O–H groups in total. The van der Waals surface area contributed by atoms with Gasteiger partial charge in [-0.2, -0.15) is 0 Å². The zero-order valence-corrected chi connectivity index (χ0v) is 44.4. The van der Waals surface area contributed by atoms with E-state index in [0.717, 1.165) is 87.7 Å². The molecule has 18 aromatic rings. The molecule has 0 fully saturated rings. The van der Waals surface area contributed by atoms with E-state index in [0.29, 0.717) is 0 Å². The topological polar surface area (TPSA) is 26.3 Å². The van der Waals surface area contributed by atoms with Crippen molar-refractivity contribution in [1.29, 1.82) is 0 Å². The number of hydrogen-bond acceptors (Lipinski definition) is 2. The van der Waals surface area contributed by atoms with E-state index in [4.69, 9.17) is 8.83 Å². The Bertz CT molecular complexity index is 5410. The number of hydrogen-bond donors (Lipinski definition) is 0. The smallest absolute Gasteiger partial charge is 0.143 e. The van der Waals surface area contributed by atoms with Gasteiger partial charge in [-0.1, -0.05) is 255 Å². The van der Waals surface area contributed by atoms with Gasteiger partial charge in [0.15, 0.2) is 0 Å². The fourth-order valence-corrected chi connectivity index (χ4v) is 14.3. The molecule has 0 bridgehead atoms. The average molecular weight is 1040 g/mol. The van der Waals surface area contributed by atoms with E-state index in [1.165, 1.54) is 98.0 Å². The Morgan fingerprint density at radius 2 is 0.427 bits per heavy atom. The van der Waals surface area contributed by atoms with Crippen molar-refractivity contribution in [2.45, 2.75) is 0 Å². The predicted molar refractivity (Wildman–Crippen MR) is 348 cm³/mol. The van der Waals surface area contributed by atoms with E-state index >= 15 is 0 Å². The third kappa shape index (κ3) is 6.46. The van der Waals surface area contributed by atoms with Crippen molar-refractivity contribution >= 4 is 130 Å². The van der Waals surface area contributed by atoms with E-state index in [-0.39, 0.29) is 0 Å². The first kappa shape index (κ1) is 45.1. The largest absolute Gasteiger partial charge is 0.455 e.